The average molecular weight is 416 g/mol. The van der Waals surface area contributed by atoms with Gasteiger partial charge in [0.05, 0.1) is 11.5 Å². The lowest BCUT2D eigenvalue weighted by Crippen LogP contribution is -2.34. The highest BCUT2D eigenvalue weighted by Crippen LogP contribution is 2.30. The molecule has 2 amide bonds. The van der Waals surface area contributed by atoms with Gasteiger partial charge in [0.2, 0.25) is 5.91 Å². The van der Waals surface area contributed by atoms with Crippen molar-refractivity contribution in [3.63, 3.8) is 0 Å². The molecular formula is C19H21ClF3N3O2. The highest BCUT2D eigenvalue weighted by Gasteiger charge is 2.30. The van der Waals surface area contributed by atoms with E-state index in [1.807, 2.05) is 0 Å². The maximum Gasteiger partial charge on any atom is 0.416 e. The Balaban J connectivity index is 0.00000392. The monoisotopic (exact) mass is 415 g/mol. The minimum Gasteiger partial charge on any atom is -0.327 e. The number of carbonyl (C=O) groups excluding carboxylic acids is 2. The molecule has 0 heterocycles. The minimum atomic E-state index is -4.50. The topological polar surface area (TPSA) is 84.2 Å². The molecule has 2 aromatic carbocycles. The molecule has 0 aliphatic heterocycles. The predicted molar refractivity (Wildman–Crippen MR) is 105 cm³/mol. The largest absolute Gasteiger partial charge is 0.416 e. The third kappa shape index (κ3) is 6.24. The predicted octanol–water partition coefficient (Wildman–Crippen LogP) is 4.30. The number of hydrogen-bond acceptors (Lipinski definition) is 3. The van der Waals surface area contributed by atoms with E-state index in [-0.39, 0.29) is 35.6 Å². The summed E-state index contributed by atoms with van der Waals surface area (Å²) < 4.78 is 38.3. The van der Waals surface area contributed by atoms with E-state index >= 15 is 0 Å². The molecule has 0 fully saturated rings. The lowest BCUT2D eigenvalue weighted by atomic mass is 10.0. The van der Waals surface area contributed by atoms with E-state index in [0.29, 0.717) is 5.69 Å². The number of alkyl halides is 3. The summed E-state index contributed by atoms with van der Waals surface area (Å²) in [5.41, 5.74) is 5.45. The first kappa shape index (κ1) is 23.5. The summed E-state index contributed by atoms with van der Waals surface area (Å²) in [5, 5.41) is 5.08. The number of halogens is 4. The maximum absolute atomic E-state index is 12.8. The SMILES string of the molecule is CC(N)C(C)C(=O)Nc1cccc(C(=O)Nc2cccc(C(F)(F)F)c2)c1.Cl. The molecule has 9 heteroatoms. The van der Waals surface area contributed by atoms with E-state index in [1.54, 1.807) is 26.0 Å². The van der Waals surface area contributed by atoms with E-state index in [4.69, 9.17) is 5.73 Å². The van der Waals surface area contributed by atoms with Crippen LogP contribution in [-0.4, -0.2) is 17.9 Å². The Morgan fingerprint density at radius 3 is 2.11 bits per heavy atom. The van der Waals surface area contributed by atoms with Crippen LogP contribution in [0.3, 0.4) is 0 Å². The van der Waals surface area contributed by atoms with Gasteiger partial charge in [-0.25, -0.2) is 0 Å². The molecule has 0 aliphatic carbocycles. The molecule has 0 aromatic heterocycles. The van der Waals surface area contributed by atoms with Crippen molar-refractivity contribution in [3.8, 4) is 0 Å². The second-order valence-electron chi connectivity index (χ2n) is 6.25. The van der Waals surface area contributed by atoms with E-state index < -0.39 is 23.6 Å². The van der Waals surface area contributed by atoms with Crippen LogP contribution in [0.25, 0.3) is 0 Å². The molecule has 28 heavy (non-hydrogen) atoms. The maximum atomic E-state index is 12.8. The zero-order valence-corrected chi connectivity index (χ0v) is 16.0. The van der Waals surface area contributed by atoms with Gasteiger partial charge in [-0.15, -0.1) is 12.4 Å². The number of anilines is 2. The van der Waals surface area contributed by atoms with Crippen molar-refractivity contribution in [2.75, 3.05) is 10.6 Å². The molecular weight excluding hydrogens is 395 g/mol. The zero-order valence-electron chi connectivity index (χ0n) is 15.2. The van der Waals surface area contributed by atoms with Crippen LogP contribution in [0.5, 0.6) is 0 Å². The van der Waals surface area contributed by atoms with Crippen LogP contribution in [-0.2, 0) is 11.0 Å². The Morgan fingerprint density at radius 1 is 0.964 bits per heavy atom. The molecule has 2 unspecified atom stereocenters. The Bertz CT molecular complexity index is 841. The summed E-state index contributed by atoms with van der Waals surface area (Å²) in [7, 11) is 0. The second-order valence-corrected chi connectivity index (χ2v) is 6.25. The highest BCUT2D eigenvalue weighted by molar-refractivity contribution is 6.05. The van der Waals surface area contributed by atoms with Gasteiger partial charge in [-0.1, -0.05) is 19.1 Å². The number of nitrogens with one attached hydrogen (secondary N) is 2. The van der Waals surface area contributed by atoms with Crippen molar-refractivity contribution in [3.05, 3.63) is 59.7 Å². The van der Waals surface area contributed by atoms with Crippen molar-refractivity contribution in [1.82, 2.24) is 0 Å². The van der Waals surface area contributed by atoms with Gasteiger partial charge in [0.15, 0.2) is 0 Å². The van der Waals surface area contributed by atoms with E-state index in [1.165, 1.54) is 24.3 Å². The van der Waals surface area contributed by atoms with Crippen LogP contribution >= 0.6 is 12.4 Å². The van der Waals surface area contributed by atoms with Gasteiger partial charge in [0, 0.05) is 23.0 Å². The molecule has 2 aromatic rings. The number of nitrogens with two attached hydrogens (primary N) is 1. The first-order valence-electron chi connectivity index (χ1n) is 8.23. The molecule has 152 valence electrons. The van der Waals surface area contributed by atoms with Gasteiger partial charge in [-0.05, 0) is 43.3 Å². The molecule has 4 N–H and O–H groups in total. The zero-order chi connectivity index (χ0) is 20.2. The van der Waals surface area contributed by atoms with Crippen LogP contribution in [0.4, 0.5) is 24.5 Å². The lowest BCUT2D eigenvalue weighted by molar-refractivity contribution is -0.137. The Labute approximate surface area is 166 Å². The van der Waals surface area contributed by atoms with E-state index in [9.17, 15) is 22.8 Å². The Hall–Kier alpha value is -2.58. The van der Waals surface area contributed by atoms with Gasteiger partial charge in [0.1, 0.15) is 0 Å². The highest BCUT2D eigenvalue weighted by atomic mass is 35.5. The van der Waals surface area contributed by atoms with Crippen LogP contribution in [0, 0.1) is 5.92 Å². The number of rotatable bonds is 5. The van der Waals surface area contributed by atoms with E-state index in [0.717, 1.165) is 12.1 Å². The molecule has 0 saturated heterocycles. The van der Waals surface area contributed by atoms with Crippen LogP contribution < -0.4 is 16.4 Å². The van der Waals surface area contributed by atoms with Gasteiger partial charge in [0.25, 0.3) is 5.91 Å². The molecule has 0 radical (unpaired) electrons. The minimum absolute atomic E-state index is 0. The molecule has 0 saturated carbocycles. The number of hydrogen-bond donors (Lipinski definition) is 3. The first-order chi connectivity index (χ1) is 12.6. The smallest absolute Gasteiger partial charge is 0.327 e. The number of benzene rings is 2. The summed E-state index contributed by atoms with van der Waals surface area (Å²) in [6.07, 6.45) is -4.50. The normalized spacial score (nSPS) is 13.1. The summed E-state index contributed by atoms with van der Waals surface area (Å²) in [6, 6.07) is 10.1. The molecule has 0 bridgehead atoms. The first-order valence-corrected chi connectivity index (χ1v) is 8.23. The van der Waals surface area contributed by atoms with Gasteiger partial charge in [-0.2, -0.15) is 13.2 Å². The Kier molecular flexibility index (Phi) is 8.01. The second kappa shape index (κ2) is 9.57. The van der Waals surface area contributed by atoms with Gasteiger partial charge >= 0.3 is 6.18 Å². The molecule has 2 rings (SSSR count). The molecule has 0 spiro atoms. The lowest BCUT2D eigenvalue weighted by Gasteiger charge is -2.15. The Morgan fingerprint density at radius 2 is 1.54 bits per heavy atom. The quantitative estimate of drug-likeness (QED) is 0.680. The fourth-order valence-corrected chi connectivity index (χ4v) is 2.21. The van der Waals surface area contributed by atoms with Crippen LogP contribution in [0.1, 0.15) is 29.8 Å². The van der Waals surface area contributed by atoms with Crippen molar-refractivity contribution in [2.45, 2.75) is 26.1 Å². The van der Waals surface area contributed by atoms with Crippen LogP contribution in [0.2, 0.25) is 0 Å². The summed E-state index contributed by atoms with van der Waals surface area (Å²) in [5.74, 6) is -1.31. The van der Waals surface area contributed by atoms with Crippen molar-refractivity contribution in [1.29, 1.82) is 0 Å². The fourth-order valence-electron chi connectivity index (χ4n) is 2.21. The third-order valence-corrected chi connectivity index (χ3v) is 4.04. The van der Waals surface area contributed by atoms with Gasteiger partial charge in [-0.3, -0.25) is 9.59 Å². The summed E-state index contributed by atoms with van der Waals surface area (Å²) >= 11 is 0. The van der Waals surface area contributed by atoms with Crippen LogP contribution in [0.15, 0.2) is 48.5 Å². The molecule has 5 nitrogen and oxygen atoms in total. The van der Waals surface area contributed by atoms with Crippen molar-refractivity contribution >= 4 is 35.6 Å². The van der Waals surface area contributed by atoms with Crippen molar-refractivity contribution in [2.24, 2.45) is 11.7 Å². The summed E-state index contributed by atoms with van der Waals surface area (Å²) in [4.78, 5) is 24.4. The summed E-state index contributed by atoms with van der Waals surface area (Å²) in [6.45, 7) is 3.40. The van der Waals surface area contributed by atoms with Gasteiger partial charge < -0.3 is 16.4 Å². The number of amides is 2. The molecule has 0 aliphatic rings. The standard InChI is InChI=1S/C19H20F3N3O2.ClH/c1-11(12(2)23)17(26)24-15-7-3-5-13(9-15)18(27)25-16-8-4-6-14(10-16)19(20,21)22;/h3-12H,23H2,1-2H3,(H,24,26)(H,25,27);1H. The van der Waals surface area contributed by atoms with E-state index in [2.05, 4.69) is 10.6 Å². The van der Waals surface area contributed by atoms with Crippen molar-refractivity contribution < 1.29 is 22.8 Å². The average Bonchev–Trinajstić information content (AvgIpc) is 2.60. The third-order valence-electron chi connectivity index (χ3n) is 4.04. The fraction of sp³-hybridized carbons (Fsp3) is 0.263. The number of carbonyl (C=O) groups is 2. The molecule has 2 atom stereocenters.